The Kier molecular flexibility index (Phi) is 3.09. The lowest BCUT2D eigenvalue weighted by Gasteiger charge is -2.08. The molecule has 4 rings (SSSR count). The summed E-state index contributed by atoms with van der Waals surface area (Å²) < 4.78 is 2.11. The van der Waals surface area contributed by atoms with Gasteiger partial charge in [-0.2, -0.15) is 0 Å². The Hall–Kier alpha value is -3.07. The zero-order chi connectivity index (χ0) is 14.8. The van der Waals surface area contributed by atoms with Gasteiger partial charge in [0.2, 0.25) is 0 Å². The van der Waals surface area contributed by atoms with Gasteiger partial charge in [0.05, 0.1) is 17.6 Å². The molecule has 22 heavy (non-hydrogen) atoms. The number of anilines is 2. The third kappa shape index (κ3) is 2.33. The highest BCUT2D eigenvalue weighted by Crippen LogP contribution is 2.23. The van der Waals surface area contributed by atoms with Gasteiger partial charge in [-0.15, -0.1) is 0 Å². The van der Waals surface area contributed by atoms with Gasteiger partial charge in [-0.05, 0) is 24.3 Å². The van der Waals surface area contributed by atoms with E-state index in [-0.39, 0.29) is 0 Å². The second-order valence-corrected chi connectivity index (χ2v) is 5.15. The molecule has 1 N–H and O–H groups in total. The smallest absolute Gasteiger partial charge is 0.137 e. The molecule has 106 valence electrons. The molecule has 0 amide bonds. The van der Waals surface area contributed by atoms with Crippen molar-refractivity contribution in [3.05, 3.63) is 85.2 Å². The molecule has 3 nitrogen and oxygen atoms in total. The monoisotopic (exact) mass is 285 g/mol. The fourth-order valence-corrected chi connectivity index (χ4v) is 2.57. The molecular weight excluding hydrogens is 270 g/mol. The van der Waals surface area contributed by atoms with Crippen LogP contribution in [0.25, 0.3) is 16.9 Å². The standard InChI is InChI=1S/C19H15N3/c1-3-7-15(8-4-1)18-13-20-19-12-11-17(14-22(18)19)21-16-9-5-2-6-10-16/h1-14,21H. The molecule has 0 spiro atoms. The van der Waals surface area contributed by atoms with Crippen molar-refractivity contribution in [1.82, 2.24) is 9.38 Å². The topological polar surface area (TPSA) is 29.3 Å². The van der Waals surface area contributed by atoms with E-state index in [1.807, 2.05) is 54.7 Å². The minimum Gasteiger partial charge on any atom is -0.354 e. The van der Waals surface area contributed by atoms with Crippen LogP contribution in [0.5, 0.6) is 0 Å². The van der Waals surface area contributed by atoms with Crippen molar-refractivity contribution < 1.29 is 0 Å². The van der Waals surface area contributed by atoms with Crippen LogP contribution >= 0.6 is 0 Å². The van der Waals surface area contributed by atoms with Gasteiger partial charge in [0.25, 0.3) is 0 Å². The van der Waals surface area contributed by atoms with Crippen LogP contribution in [0.4, 0.5) is 11.4 Å². The van der Waals surface area contributed by atoms with Crippen LogP contribution in [0, 0.1) is 0 Å². The zero-order valence-electron chi connectivity index (χ0n) is 12.0. The van der Waals surface area contributed by atoms with E-state index in [4.69, 9.17) is 0 Å². The van der Waals surface area contributed by atoms with Crippen molar-refractivity contribution in [1.29, 1.82) is 0 Å². The summed E-state index contributed by atoms with van der Waals surface area (Å²) in [4.78, 5) is 4.48. The van der Waals surface area contributed by atoms with E-state index in [0.717, 1.165) is 28.3 Å². The van der Waals surface area contributed by atoms with Crippen molar-refractivity contribution in [2.45, 2.75) is 0 Å². The third-order valence-corrected chi connectivity index (χ3v) is 3.64. The molecule has 2 aromatic heterocycles. The number of rotatable bonds is 3. The van der Waals surface area contributed by atoms with E-state index < -0.39 is 0 Å². The molecule has 0 fully saturated rings. The number of aromatic nitrogens is 2. The van der Waals surface area contributed by atoms with Crippen LogP contribution in [0.3, 0.4) is 0 Å². The van der Waals surface area contributed by atoms with Crippen molar-refractivity contribution >= 4 is 17.0 Å². The van der Waals surface area contributed by atoms with Crippen LogP contribution in [0.2, 0.25) is 0 Å². The van der Waals surface area contributed by atoms with Gasteiger partial charge in [-0.1, -0.05) is 48.5 Å². The number of benzene rings is 2. The average molecular weight is 285 g/mol. The Balaban J connectivity index is 1.77. The fourth-order valence-electron chi connectivity index (χ4n) is 2.57. The summed E-state index contributed by atoms with van der Waals surface area (Å²) >= 11 is 0. The quantitative estimate of drug-likeness (QED) is 0.589. The summed E-state index contributed by atoms with van der Waals surface area (Å²) in [5.41, 5.74) is 5.30. The molecule has 0 aliphatic carbocycles. The van der Waals surface area contributed by atoms with Crippen molar-refractivity contribution in [2.75, 3.05) is 5.32 Å². The van der Waals surface area contributed by atoms with E-state index >= 15 is 0 Å². The Morgan fingerprint density at radius 1 is 0.727 bits per heavy atom. The number of hydrogen-bond acceptors (Lipinski definition) is 2. The normalized spacial score (nSPS) is 10.7. The number of hydrogen-bond donors (Lipinski definition) is 1. The first-order chi connectivity index (χ1) is 10.9. The minimum absolute atomic E-state index is 0.942. The number of pyridine rings is 1. The molecule has 4 aromatic rings. The van der Waals surface area contributed by atoms with Crippen LogP contribution in [-0.4, -0.2) is 9.38 Å². The highest BCUT2D eigenvalue weighted by molar-refractivity contribution is 5.67. The summed E-state index contributed by atoms with van der Waals surface area (Å²) in [5.74, 6) is 0. The lowest BCUT2D eigenvalue weighted by atomic mass is 10.2. The van der Waals surface area contributed by atoms with Crippen molar-refractivity contribution in [3.63, 3.8) is 0 Å². The summed E-state index contributed by atoms with van der Waals surface area (Å²) in [5, 5.41) is 3.42. The first kappa shape index (κ1) is 12.7. The molecule has 0 radical (unpaired) electrons. The molecule has 3 heteroatoms. The maximum absolute atomic E-state index is 4.48. The number of para-hydroxylation sites is 1. The number of imidazole rings is 1. The summed E-state index contributed by atoms with van der Waals surface area (Å²) in [6.07, 6.45) is 3.99. The lowest BCUT2D eigenvalue weighted by Crippen LogP contribution is -1.94. The van der Waals surface area contributed by atoms with Crippen LogP contribution in [-0.2, 0) is 0 Å². The number of nitrogens with one attached hydrogen (secondary N) is 1. The SMILES string of the molecule is c1ccc(Nc2ccc3ncc(-c4ccccc4)n3c2)cc1. The summed E-state index contributed by atoms with van der Waals surface area (Å²) in [6, 6.07) is 24.5. The van der Waals surface area contributed by atoms with Gasteiger partial charge in [0.15, 0.2) is 0 Å². The van der Waals surface area contributed by atoms with E-state index in [1.54, 1.807) is 0 Å². The highest BCUT2D eigenvalue weighted by Gasteiger charge is 2.06. The molecule has 0 unspecified atom stereocenters. The Morgan fingerprint density at radius 3 is 2.23 bits per heavy atom. The second kappa shape index (κ2) is 5.37. The Labute approximate surface area is 128 Å². The number of fused-ring (bicyclic) bond motifs is 1. The van der Waals surface area contributed by atoms with Gasteiger partial charge in [-0.25, -0.2) is 4.98 Å². The average Bonchev–Trinajstić information content (AvgIpc) is 3.00. The molecule has 0 aliphatic rings. The van der Waals surface area contributed by atoms with E-state index in [0.29, 0.717) is 0 Å². The molecule has 2 aromatic carbocycles. The first-order valence-corrected chi connectivity index (χ1v) is 7.25. The first-order valence-electron chi connectivity index (χ1n) is 7.25. The molecule has 0 saturated heterocycles. The molecule has 0 atom stereocenters. The molecular formula is C19H15N3. The lowest BCUT2D eigenvalue weighted by molar-refractivity contribution is 1.19. The molecule has 2 heterocycles. The molecule has 0 saturated carbocycles. The maximum Gasteiger partial charge on any atom is 0.137 e. The largest absolute Gasteiger partial charge is 0.354 e. The van der Waals surface area contributed by atoms with E-state index in [1.165, 1.54) is 0 Å². The third-order valence-electron chi connectivity index (χ3n) is 3.64. The number of nitrogens with zero attached hydrogens (tertiary/aromatic N) is 2. The predicted molar refractivity (Wildman–Crippen MR) is 90.4 cm³/mol. The van der Waals surface area contributed by atoms with Crippen molar-refractivity contribution in [2.24, 2.45) is 0 Å². The second-order valence-electron chi connectivity index (χ2n) is 5.15. The van der Waals surface area contributed by atoms with Crippen molar-refractivity contribution in [3.8, 4) is 11.3 Å². The zero-order valence-corrected chi connectivity index (χ0v) is 12.0. The maximum atomic E-state index is 4.48. The molecule has 0 aliphatic heterocycles. The van der Waals surface area contributed by atoms with Gasteiger partial charge in [0, 0.05) is 17.4 Å². The van der Waals surface area contributed by atoms with Gasteiger partial charge >= 0.3 is 0 Å². The minimum atomic E-state index is 0.942. The van der Waals surface area contributed by atoms with Crippen LogP contribution in [0.15, 0.2) is 85.2 Å². The highest BCUT2D eigenvalue weighted by atomic mass is 15.0. The molecule has 0 bridgehead atoms. The van der Waals surface area contributed by atoms with Gasteiger partial charge in [-0.3, -0.25) is 4.40 Å². The van der Waals surface area contributed by atoms with E-state index in [9.17, 15) is 0 Å². The Bertz CT molecular complexity index is 896. The summed E-state index contributed by atoms with van der Waals surface area (Å²) in [7, 11) is 0. The van der Waals surface area contributed by atoms with E-state index in [2.05, 4.69) is 45.2 Å². The fraction of sp³-hybridized carbons (Fsp3) is 0. The van der Waals surface area contributed by atoms with Gasteiger partial charge in [0.1, 0.15) is 5.65 Å². The Morgan fingerprint density at radius 2 is 1.45 bits per heavy atom. The van der Waals surface area contributed by atoms with Crippen LogP contribution < -0.4 is 5.32 Å². The predicted octanol–water partition coefficient (Wildman–Crippen LogP) is 4.74. The van der Waals surface area contributed by atoms with Crippen LogP contribution in [0.1, 0.15) is 0 Å². The van der Waals surface area contributed by atoms with Gasteiger partial charge < -0.3 is 5.32 Å². The summed E-state index contributed by atoms with van der Waals surface area (Å²) in [6.45, 7) is 0.